The first-order valence-corrected chi connectivity index (χ1v) is 9.66. The van der Waals surface area contributed by atoms with Crippen molar-refractivity contribution in [3.8, 4) is 22.0 Å². The molecule has 0 amide bonds. The summed E-state index contributed by atoms with van der Waals surface area (Å²) in [7, 11) is 2.18. The van der Waals surface area contributed by atoms with Gasteiger partial charge in [-0.25, -0.2) is 9.97 Å². The Bertz CT molecular complexity index is 816. The summed E-state index contributed by atoms with van der Waals surface area (Å²) in [5, 5.41) is 5.53. The van der Waals surface area contributed by atoms with Gasteiger partial charge in [0.25, 0.3) is 0 Å². The fraction of sp³-hybridized carbons (Fsp3) is 0.294. The van der Waals surface area contributed by atoms with E-state index >= 15 is 0 Å². The molecule has 3 heterocycles. The molecule has 0 unspecified atom stereocenters. The Morgan fingerprint density at radius 1 is 0.917 bits per heavy atom. The standard InChI is InChI=1S/C17H19N5S2/c1-21-6-8-22(9-7-21)13-4-2-12(3-5-13)14-10-23-16(19-14)15-11-24-17(18)20-15/h2-5,10-11H,6-9H2,1H3,(H2,18,20). The maximum atomic E-state index is 5.71. The number of rotatable bonds is 3. The average molecular weight is 358 g/mol. The van der Waals surface area contributed by atoms with E-state index < -0.39 is 0 Å². The van der Waals surface area contributed by atoms with Crippen LogP contribution in [0, 0.1) is 0 Å². The maximum Gasteiger partial charge on any atom is 0.180 e. The molecule has 1 aromatic carbocycles. The number of likely N-dealkylation sites (N-methyl/N-ethyl adjacent to an activating group) is 1. The van der Waals surface area contributed by atoms with E-state index in [1.807, 2.05) is 5.38 Å². The Balaban J connectivity index is 1.52. The Hall–Kier alpha value is -1.96. The summed E-state index contributed by atoms with van der Waals surface area (Å²) in [6.45, 7) is 4.41. The van der Waals surface area contributed by atoms with E-state index in [1.165, 1.54) is 17.0 Å². The van der Waals surface area contributed by atoms with Gasteiger partial charge in [0.2, 0.25) is 0 Å². The number of hydrogen-bond acceptors (Lipinski definition) is 7. The molecule has 0 saturated carbocycles. The minimum absolute atomic E-state index is 0.582. The molecular weight excluding hydrogens is 338 g/mol. The quantitative estimate of drug-likeness (QED) is 0.780. The summed E-state index contributed by atoms with van der Waals surface area (Å²) < 4.78 is 0. The van der Waals surface area contributed by atoms with E-state index in [0.717, 1.165) is 48.1 Å². The Morgan fingerprint density at radius 2 is 1.62 bits per heavy atom. The van der Waals surface area contributed by atoms with Crippen LogP contribution in [0.2, 0.25) is 0 Å². The molecule has 1 fully saturated rings. The van der Waals surface area contributed by atoms with E-state index in [2.05, 4.69) is 51.5 Å². The number of piperazine rings is 1. The molecule has 0 radical (unpaired) electrons. The highest BCUT2D eigenvalue weighted by Crippen LogP contribution is 2.31. The van der Waals surface area contributed by atoms with E-state index in [9.17, 15) is 0 Å². The van der Waals surface area contributed by atoms with Crippen molar-refractivity contribution in [1.82, 2.24) is 14.9 Å². The molecule has 124 valence electrons. The van der Waals surface area contributed by atoms with Crippen LogP contribution in [0.25, 0.3) is 22.0 Å². The van der Waals surface area contributed by atoms with Gasteiger partial charge in [-0.3, -0.25) is 0 Å². The second kappa shape index (κ2) is 6.51. The third-order valence-corrected chi connectivity index (χ3v) is 5.82. The van der Waals surface area contributed by atoms with E-state index in [-0.39, 0.29) is 0 Å². The highest BCUT2D eigenvalue weighted by Gasteiger charge is 2.15. The van der Waals surface area contributed by atoms with Crippen LogP contribution >= 0.6 is 22.7 Å². The van der Waals surface area contributed by atoms with Crippen LogP contribution in [0.4, 0.5) is 10.8 Å². The van der Waals surface area contributed by atoms with Crippen LogP contribution in [0.3, 0.4) is 0 Å². The number of hydrogen-bond donors (Lipinski definition) is 1. The second-order valence-electron chi connectivity index (χ2n) is 5.95. The first kappa shape index (κ1) is 15.6. The van der Waals surface area contributed by atoms with Crippen LogP contribution < -0.4 is 10.6 Å². The number of thiazole rings is 2. The second-order valence-corrected chi connectivity index (χ2v) is 7.69. The monoisotopic (exact) mass is 357 g/mol. The summed E-state index contributed by atoms with van der Waals surface area (Å²) >= 11 is 3.05. The van der Waals surface area contributed by atoms with E-state index in [4.69, 9.17) is 10.7 Å². The molecule has 4 rings (SSSR count). The third-order valence-electron chi connectivity index (χ3n) is 4.28. The summed E-state index contributed by atoms with van der Waals surface area (Å²) in [5.41, 5.74) is 9.99. The molecule has 1 saturated heterocycles. The van der Waals surface area contributed by atoms with Crippen molar-refractivity contribution >= 4 is 33.5 Å². The molecule has 3 aromatic rings. The fourth-order valence-corrected chi connectivity index (χ4v) is 4.23. The molecule has 1 aliphatic heterocycles. The molecule has 0 bridgehead atoms. The number of nitrogens with two attached hydrogens (primary N) is 1. The lowest BCUT2D eigenvalue weighted by atomic mass is 10.1. The highest BCUT2D eigenvalue weighted by atomic mass is 32.1. The summed E-state index contributed by atoms with van der Waals surface area (Å²) in [5.74, 6) is 0. The SMILES string of the molecule is CN1CCN(c2ccc(-c3csc(-c4csc(N)n4)n3)cc2)CC1. The van der Waals surface area contributed by atoms with Crippen molar-refractivity contribution in [1.29, 1.82) is 0 Å². The minimum atomic E-state index is 0.582. The van der Waals surface area contributed by atoms with Gasteiger partial charge in [0.05, 0.1) is 5.69 Å². The van der Waals surface area contributed by atoms with Crippen LogP contribution in [0.5, 0.6) is 0 Å². The molecule has 0 spiro atoms. The van der Waals surface area contributed by atoms with Crippen molar-refractivity contribution in [2.45, 2.75) is 0 Å². The smallest absolute Gasteiger partial charge is 0.180 e. The number of anilines is 2. The van der Waals surface area contributed by atoms with Gasteiger partial charge >= 0.3 is 0 Å². The van der Waals surface area contributed by atoms with Gasteiger partial charge in [-0.1, -0.05) is 12.1 Å². The van der Waals surface area contributed by atoms with E-state index in [1.54, 1.807) is 11.3 Å². The largest absolute Gasteiger partial charge is 0.375 e. The number of nitrogens with zero attached hydrogens (tertiary/aromatic N) is 4. The molecule has 1 aliphatic rings. The first-order chi connectivity index (χ1) is 11.7. The number of aromatic nitrogens is 2. The topological polar surface area (TPSA) is 58.3 Å². The Labute approximate surface area is 149 Å². The first-order valence-electron chi connectivity index (χ1n) is 7.90. The predicted octanol–water partition coefficient (Wildman–Crippen LogP) is 3.27. The van der Waals surface area contributed by atoms with Crippen molar-refractivity contribution in [2.24, 2.45) is 0 Å². The molecule has 7 heteroatoms. The molecule has 2 N–H and O–H groups in total. The fourth-order valence-electron chi connectivity index (χ4n) is 2.82. The zero-order chi connectivity index (χ0) is 16.5. The van der Waals surface area contributed by atoms with E-state index in [0.29, 0.717) is 5.13 Å². The Kier molecular flexibility index (Phi) is 4.22. The van der Waals surface area contributed by atoms with Crippen LogP contribution in [-0.2, 0) is 0 Å². The average Bonchev–Trinajstić information content (AvgIpc) is 3.25. The van der Waals surface area contributed by atoms with Crippen molar-refractivity contribution in [3.05, 3.63) is 35.0 Å². The molecule has 5 nitrogen and oxygen atoms in total. The Morgan fingerprint density at radius 3 is 2.29 bits per heavy atom. The molecule has 2 aromatic heterocycles. The lowest BCUT2D eigenvalue weighted by molar-refractivity contribution is 0.313. The van der Waals surface area contributed by atoms with Crippen LogP contribution in [-0.4, -0.2) is 48.1 Å². The lowest BCUT2D eigenvalue weighted by Crippen LogP contribution is -2.44. The van der Waals surface area contributed by atoms with Crippen molar-refractivity contribution in [3.63, 3.8) is 0 Å². The number of nitrogen functional groups attached to an aromatic ring is 1. The van der Waals surface area contributed by atoms with Crippen LogP contribution in [0.15, 0.2) is 35.0 Å². The highest BCUT2D eigenvalue weighted by molar-refractivity contribution is 7.15. The van der Waals surface area contributed by atoms with Gasteiger partial charge in [0.15, 0.2) is 5.13 Å². The normalized spacial score (nSPS) is 15.8. The summed E-state index contributed by atoms with van der Waals surface area (Å²) in [6, 6.07) is 8.70. The van der Waals surface area contributed by atoms with Crippen LogP contribution in [0.1, 0.15) is 0 Å². The molecule has 0 atom stereocenters. The lowest BCUT2D eigenvalue weighted by Gasteiger charge is -2.34. The van der Waals surface area contributed by atoms with Gasteiger partial charge < -0.3 is 15.5 Å². The van der Waals surface area contributed by atoms with Gasteiger partial charge in [0, 0.05) is 48.2 Å². The predicted molar refractivity (Wildman–Crippen MR) is 103 cm³/mol. The van der Waals surface area contributed by atoms with Gasteiger partial charge in [0.1, 0.15) is 10.7 Å². The maximum absolute atomic E-state index is 5.71. The zero-order valence-corrected chi connectivity index (χ0v) is 15.1. The summed E-state index contributed by atoms with van der Waals surface area (Å²) in [6.07, 6.45) is 0. The third kappa shape index (κ3) is 3.15. The van der Waals surface area contributed by atoms with Crippen molar-refractivity contribution < 1.29 is 0 Å². The molecular formula is C17H19N5S2. The minimum Gasteiger partial charge on any atom is -0.375 e. The summed E-state index contributed by atoms with van der Waals surface area (Å²) in [4.78, 5) is 13.8. The number of benzene rings is 1. The zero-order valence-electron chi connectivity index (χ0n) is 13.5. The van der Waals surface area contributed by atoms with Gasteiger partial charge in [-0.2, -0.15) is 0 Å². The molecule has 24 heavy (non-hydrogen) atoms. The van der Waals surface area contributed by atoms with Gasteiger partial charge in [-0.05, 0) is 19.2 Å². The molecule has 0 aliphatic carbocycles. The van der Waals surface area contributed by atoms with Gasteiger partial charge in [-0.15, -0.1) is 22.7 Å². The van der Waals surface area contributed by atoms with Crippen molar-refractivity contribution in [2.75, 3.05) is 43.9 Å².